The van der Waals surface area contributed by atoms with Gasteiger partial charge in [0.05, 0.1) is 27.0 Å². The number of esters is 1. The molecule has 1 aromatic heterocycles. The molecule has 0 bridgehead atoms. The summed E-state index contributed by atoms with van der Waals surface area (Å²) in [6, 6.07) is 5.54. The van der Waals surface area contributed by atoms with Crippen molar-refractivity contribution in [2.75, 3.05) is 21.3 Å². The van der Waals surface area contributed by atoms with E-state index in [1.54, 1.807) is 17.9 Å². The van der Waals surface area contributed by atoms with Crippen LogP contribution in [-0.2, 0) is 14.3 Å². The van der Waals surface area contributed by atoms with Crippen LogP contribution in [-0.4, -0.2) is 37.1 Å². The largest absolute Gasteiger partial charge is 0.500 e. The van der Waals surface area contributed by atoms with E-state index in [1.807, 2.05) is 25.3 Å². The lowest BCUT2D eigenvalue weighted by Crippen LogP contribution is -2.12. The third kappa shape index (κ3) is 4.17. The first kappa shape index (κ1) is 19.4. The van der Waals surface area contributed by atoms with E-state index < -0.39 is 5.97 Å². The standard InChI is InChI=1S/C19H24N2O5/c1-12(2)14-7-8-21(20-14)15-10-16(13(3)9-17(15)24-5)26-18(11-23-4)19(22)25-6/h7-12H,1-6H3/b18-11-. The van der Waals surface area contributed by atoms with Crippen LogP contribution in [0.3, 0.4) is 0 Å². The Kier molecular flexibility index (Phi) is 6.27. The highest BCUT2D eigenvalue weighted by Crippen LogP contribution is 2.32. The van der Waals surface area contributed by atoms with Crippen LogP contribution in [0.25, 0.3) is 5.69 Å². The van der Waals surface area contributed by atoms with Crippen molar-refractivity contribution in [1.29, 1.82) is 0 Å². The Morgan fingerprint density at radius 1 is 1.19 bits per heavy atom. The Morgan fingerprint density at radius 3 is 2.46 bits per heavy atom. The minimum atomic E-state index is -0.634. The molecule has 0 atom stereocenters. The number of hydrogen-bond acceptors (Lipinski definition) is 6. The smallest absolute Gasteiger partial charge is 0.377 e. The van der Waals surface area contributed by atoms with Crippen molar-refractivity contribution >= 4 is 5.97 Å². The number of nitrogens with zero attached hydrogens (tertiary/aromatic N) is 2. The lowest BCUT2D eigenvalue weighted by molar-refractivity contribution is -0.138. The van der Waals surface area contributed by atoms with Gasteiger partial charge in [-0.05, 0) is 30.5 Å². The number of carbonyl (C=O) groups is 1. The molecule has 2 aromatic rings. The lowest BCUT2D eigenvalue weighted by atomic mass is 10.1. The van der Waals surface area contributed by atoms with Crippen molar-refractivity contribution in [3.63, 3.8) is 0 Å². The summed E-state index contributed by atoms with van der Waals surface area (Å²) in [6.07, 6.45) is 3.05. The zero-order chi connectivity index (χ0) is 19.3. The van der Waals surface area contributed by atoms with Gasteiger partial charge >= 0.3 is 5.97 Å². The first-order valence-corrected chi connectivity index (χ1v) is 8.15. The number of aromatic nitrogens is 2. The molecular weight excluding hydrogens is 336 g/mol. The summed E-state index contributed by atoms with van der Waals surface area (Å²) in [4.78, 5) is 11.8. The molecule has 0 radical (unpaired) electrons. The maximum atomic E-state index is 11.8. The van der Waals surface area contributed by atoms with Crippen molar-refractivity contribution in [3.05, 3.63) is 47.7 Å². The van der Waals surface area contributed by atoms with Crippen LogP contribution in [0.1, 0.15) is 31.0 Å². The Balaban J connectivity index is 2.48. The predicted octanol–water partition coefficient (Wildman–Crippen LogP) is 3.35. The molecule has 1 aromatic carbocycles. The minimum absolute atomic E-state index is 0.0578. The van der Waals surface area contributed by atoms with E-state index in [-0.39, 0.29) is 5.76 Å². The zero-order valence-electron chi connectivity index (χ0n) is 15.9. The normalized spacial score (nSPS) is 11.4. The zero-order valence-corrected chi connectivity index (χ0v) is 15.9. The number of benzene rings is 1. The quantitative estimate of drug-likeness (QED) is 0.428. The van der Waals surface area contributed by atoms with Gasteiger partial charge in [-0.1, -0.05) is 13.8 Å². The molecule has 0 aliphatic carbocycles. The molecule has 0 saturated carbocycles. The Morgan fingerprint density at radius 2 is 1.92 bits per heavy atom. The second-order valence-corrected chi connectivity index (χ2v) is 5.94. The summed E-state index contributed by atoms with van der Waals surface area (Å²) < 4.78 is 22.5. The Hall–Kier alpha value is -2.96. The molecule has 0 amide bonds. The maximum absolute atomic E-state index is 11.8. The number of aryl methyl sites for hydroxylation is 1. The highest BCUT2D eigenvalue weighted by molar-refractivity contribution is 5.86. The minimum Gasteiger partial charge on any atom is -0.500 e. The molecule has 0 N–H and O–H groups in total. The average Bonchev–Trinajstić information content (AvgIpc) is 3.12. The summed E-state index contributed by atoms with van der Waals surface area (Å²) in [5.74, 6) is 0.723. The van der Waals surface area contributed by atoms with Gasteiger partial charge in [-0.3, -0.25) is 0 Å². The first-order chi connectivity index (χ1) is 12.4. The van der Waals surface area contributed by atoms with Crippen LogP contribution in [0, 0.1) is 6.92 Å². The van der Waals surface area contributed by atoms with E-state index in [0.717, 1.165) is 11.3 Å². The van der Waals surface area contributed by atoms with Crippen molar-refractivity contribution in [3.8, 4) is 17.2 Å². The third-order valence-corrected chi connectivity index (χ3v) is 3.76. The molecule has 0 fully saturated rings. The molecule has 0 unspecified atom stereocenters. The molecule has 7 heteroatoms. The fourth-order valence-electron chi connectivity index (χ4n) is 2.32. The predicted molar refractivity (Wildman–Crippen MR) is 96.7 cm³/mol. The van der Waals surface area contributed by atoms with Crippen LogP contribution >= 0.6 is 0 Å². The molecule has 0 saturated heterocycles. The fraction of sp³-hybridized carbons (Fsp3) is 0.368. The summed E-state index contributed by atoms with van der Waals surface area (Å²) in [6.45, 7) is 6.00. The Labute approximate surface area is 153 Å². The van der Waals surface area contributed by atoms with E-state index in [1.165, 1.54) is 20.5 Å². The van der Waals surface area contributed by atoms with Crippen LogP contribution in [0.2, 0.25) is 0 Å². The lowest BCUT2D eigenvalue weighted by Gasteiger charge is -2.15. The van der Waals surface area contributed by atoms with Gasteiger partial charge in [0.25, 0.3) is 0 Å². The number of rotatable bonds is 7. The van der Waals surface area contributed by atoms with Gasteiger partial charge < -0.3 is 18.9 Å². The van der Waals surface area contributed by atoms with Gasteiger partial charge in [0.2, 0.25) is 5.76 Å². The van der Waals surface area contributed by atoms with Gasteiger partial charge in [0, 0.05) is 12.3 Å². The number of ether oxygens (including phenoxy) is 4. The fourth-order valence-corrected chi connectivity index (χ4v) is 2.32. The third-order valence-electron chi connectivity index (χ3n) is 3.76. The van der Waals surface area contributed by atoms with Gasteiger partial charge in [0.15, 0.2) is 0 Å². The molecule has 2 rings (SSSR count). The number of carbonyl (C=O) groups excluding carboxylic acids is 1. The Bertz CT molecular complexity index is 808. The van der Waals surface area contributed by atoms with Crippen molar-refractivity contribution in [2.45, 2.75) is 26.7 Å². The topological polar surface area (TPSA) is 71.8 Å². The molecule has 7 nitrogen and oxygen atoms in total. The van der Waals surface area contributed by atoms with Gasteiger partial charge in [-0.2, -0.15) is 5.10 Å². The van der Waals surface area contributed by atoms with Crippen molar-refractivity contribution < 1.29 is 23.7 Å². The number of hydrogen-bond donors (Lipinski definition) is 0. The molecule has 26 heavy (non-hydrogen) atoms. The van der Waals surface area contributed by atoms with Crippen LogP contribution in [0.15, 0.2) is 36.4 Å². The molecule has 1 heterocycles. The SMILES string of the molecule is CO/C=C(\Oc1cc(-n2ccc(C(C)C)n2)c(OC)cc1C)C(=O)OC. The molecule has 0 aliphatic rings. The monoisotopic (exact) mass is 360 g/mol. The molecular formula is C19H24N2O5. The highest BCUT2D eigenvalue weighted by Gasteiger charge is 2.18. The first-order valence-electron chi connectivity index (χ1n) is 8.15. The van der Waals surface area contributed by atoms with Gasteiger partial charge in [-0.25, -0.2) is 9.48 Å². The van der Waals surface area contributed by atoms with E-state index in [2.05, 4.69) is 18.9 Å². The van der Waals surface area contributed by atoms with Gasteiger partial charge in [0.1, 0.15) is 23.4 Å². The highest BCUT2D eigenvalue weighted by atomic mass is 16.6. The summed E-state index contributed by atoms with van der Waals surface area (Å²) in [5, 5.41) is 4.58. The summed E-state index contributed by atoms with van der Waals surface area (Å²) >= 11 is 0. The van der Waals surface area contributed by atoms with Crippen molar-refractivity contribution in [2.24, 2.45) is 0 Å². The number of methoxy groups -OCH3 is 3. The summed E-state index contributed by atoms with van der Waals surface area (Å²) in [7, 11) is 4.30. The van der Waals surface area contributed by atoms with E-state index in [4.69, 9.17) is 18.9 Å². The van der Waals surface area contributed by atoms with Gasteiger partial charge in [-0.15, -0.1) is 0 Å². The van der Waals surface area contributed by atoms with Crippen molar-refractivity contribution in [1.82, 2.24) is 9.78 Å². The average molecular weight is 360 g/mol. The maximum Gasteiger partial charge on any atom is 0.377 e. The van der Waals surface area contributed by atoms with E-state index in [9.17, 15) is 4.79 Å². The van der Waals surface area contributed by atoms with Crippen LogP contribution in [0.4, 0.5) is 0 Å². The van der Waals surface area contributed by atoms with E-state index in [0.29, 0.717) is 23.1 Å². The summed E-state index contributed by atoms with van der Waals surface area (Å²) in [5.41, 5.74) is 2.44. The van der Waals surface area contributed by atoms with E-state index >= 15 is 0 Å². The van der Waals surface area contributed by atoms with Crippen LogP contribution < -0.4 is 9.47 Å². The molecule has 140 valence electrons. The molecule has 0 aliphatic heterocycles. The second kappa shape index (κ2) is 8.42. The molecule has 0 spiro atoms. The van der Waals surface area contributed by atoms with Crippen LogP contribution in [0.5, 0.6) is 11.5 Å². The second-order valence-electron chi connectivity index (χ2n) is 5.94.